The molecular weight excluding hydrogens is 252 g/mol. The number of aromatic nitrogens is 1. The van der Waals surface area contributed by atoms with E-state index in [1.54, 1.807) is 0 Å². The molecule has 1 aromatic heterocycles. The van der Waals surface area contributed by atoms with Crippen molar-refractivity contribution in [2.24, 2.45) is 5.73 Å². The fraction of sp³-hybridized carbons (Fsp3) is 0.273. The first-order valence-corrected chi connectivity index (χ1v) is 5.50. The van der Waals surface area contributed by atoms with Crippen molar-refractivity contribution >= 4 is 23.6 Å². The minimum atomic E-state index is -1.13. The Morgan fingerprint density at radius 1 is 1.32 bits per heavy atom. The van der Waals surface area contributed by atoms with Gasteiger partial charge in [-0.05, 0) is 12.5 Å². The predicted octanol–water partition coefficient (Wildman–Crippen LogP) is 0.167. The van der Waals surface area contributed by atoms with Crippen LogP contribution in [-0.4, -0.2) is 34.5 Å². The van der Waals surface area contributed by atoms with Crippen LogP contribution >= 0.6 is 0 Å². The number of nitrogens with zero attached hydrogens (tertiary/aromatic N) is 1. The van der Waals surface area contributed by atoms with E-state index in [-0.39, 0.29) is 17.7 Å². The van der Waals surface area contributed by atoms with Crippen molar-refractivity contribution in [1.82, 2.24) is 10.3 Å². The van der Waals surface area contributed by atoms with Crippen molar-refractivity contribution in [3.63, 3.8) is 0 Å². The Labute approximate surface area is 109 Å². The number of carbonyl (C=O) groups is 3. The van der Waals surface area contributed by atoms with E-state index in [2.05, 4.69) is 15.6 Å². The van der Waals surface area contributed by atoms with Gasteiger partial charge < -0.3 is 21.5 Å². The minimum absolute atomic E-state index is 0.0217. The van der Waals surface area contributed by atoms with Gasteiger partial charge in [-0.2, -0.15) is 0 Å². The fourth-order valence-electron chi connectivity index (χ4n) is 1.27. The Morgan fingerprint density at radius 2 is 2.05 bits per heavy atom. The summed E-state index contributed by atoms with van der Waals surface area (Å²) < 4.78 is 0. The molecular formula is C11H14N4O4. The van der Waals surface area contributed by atoms with Crippen LogP contribution in [0.5, 0.6) is 0 Å². The molecule has 0 saturated heterocycles. The summed E-state index contributed by atoms with van der Waals surface area (Å²) in [5.74, 6) is -1.56. The molecule has 1 heterocycles. The van der Waals surface area contributed by atoms with Crippen LogP contribution in [0.15, 0.2) is 18.5 Å². The number of rotatable bonds is 6. The molecule has 3 amide bonds. The largest absolute Gasteiger partial charge is 0.478 e. The lowest BCUT2D eigenvalue weighted by Gasteiger charge is -2.07. The lowest BCUT2D eigenvalue weighted by atomic mass is 10.2. The van der Waals surface area contributed by atoms with Crippen molar-refractivity contribution in [2.75, 3.05) is 11.9 Å². The van der Waals surface area contributed by atoms with Crippen molar-refractivity contribution < 1.29 is 19.5 Å². The van der Waals surface area contributed by atoms with Crippen LogP contribution in [0.2, 0.25) is 0 Å². The fourth-order valence-corrected chi connectivity index (χ4v) is 1.27. The number of hydrogen-bond donors (Lipinski definition) is 4. The first-order valence-electron chi connectivity index (χ1n) is 5.50. The SMILES string of the molecule is NC(=O)CCCNC(=O)Nc1cncc(C(=O)O)c1. The van der Waals surface area contributed by atoms with Crippen LogP contribution in [0, 0.1) is 0 Å². The van der Waals surface area contributed by atoms with Crippen molar-refractivity contribution in [3.05, 3.63) is 24.0 Å². The van der Waals surface area contributed by atoms with Gasteiger partial charge in [0.2, 0.25) is 5.91 Å². The summed E-state index contributed by atoms with van der Waals surface area (Å²) in [5, 5.41) is 13.7. The molecule has 102 valence electrons. The molecule has 0 unspecified atom stereocenters. The molecule has 0 saturated carbocycles. The van der Waals surface area contributed by atoms with Crippen LogP contribution in [0.4, 0.5) is 10.5 Å². The van der Waals surface area contributed by atoms with E-state index < -0.39 is 17.9 Å². The van der Waals surface area contributed by atoms with Crippen LogP contribution in [0.1, 0.15) is 23.2 Å². The van der Waals surface area contributed by atoms with Gasteiger partial charge in [0.25, 0.3) is 0 Å². The van der Waals surface area contributed by atoms with Gasteiger partial charge in [0.05, 0.1) is 17.4 Å². The Hall–Kier alpha value is -2.64. The summed E-state index contributed by atoms with van der Waals surface area (Å²) in [6, 6.07) is 0.784. The quantitative estimate of drug-likeness (QED) is 0.544. The number of nitrogens with one attached hydrogen (secondary N) is 2. The molecule has 0 atom stereocenters. The number of hydrogen-bond acceptors (Lipinski definition) is 4. The maximum absolute atomic E-state index is 11.4. The average molecular weight is 266 g/mol. The van der Waals surface area contributed by atoms with Gasteiger partial charge in [0.1, 0.15) is 0 Å². The number of carboxylic acids is 1. The maximum Gasteiger partial charge on any atom is 0.337 e. The molecule has 0 aliphatic rings. The monoisotopic (exact) mass is 266 g/mol. The summed E-state index contributed by atoms with van der Waals surface area (Å²) in [6.45, 7) is 0.292. The molecule has 0 aliphatic carbocycles. The number of primary amides is 1. The Balaban J connectivity index is 2.42. The standard InChI is InChI=1S/C11H14N4O4/c12-9(16)2-1-3-14-11(19)15-8-4-7(10(17)18)5-13-6-8/h4-6H,1-3H2,(H2,12,16)(H,17,18)(H2,14,15,19). The maximum atomic E-state index is 11.4. The molecule has 0 fully saturated rings. The van der Waals surface area contributed by atoms with Gasteiger partial charge in [0.15, 0.2) is 0 Å². The van der Waals surface area contributed by atoms with E-state index in [0.29, 0.717) is 13.0 Å². The predicted molar refractivity (Wildman–Crippen MR) is 66.6 cm³/mol. The van der Waals surface area contributed by atoms with E-state index in [1.807, 2.05) is 0 Å². The minimum Gasteiger partial charge on any atom is -0.478 e. The lowest BCUT2D eigenvalue weighted by molar-refractivity contribution is -0.118. The van der Waals surface area contributed by atoms with E-state index in [4.69, 9.17) is 10.8 Å². The van der Waals surface area contributed by atoms with Gasteiger partial charge in [-0.15, -0.1) is 0 Å². The Bertz CT molecular complexity index is 489. The van der Waals surface area contributed by atoms with Crippen molar-refractivity contribution in [1.29, 1.82) is 0 Å². The van der Waals surface area contributed by atoms with Crippen LogP contribution in [0.25, 0.3) is 0 Å². The summed E-state index contributed by atoms with van der Waals surface area (Å²) in [4.78, 5) is 36.3. The third-order valence-electron chi connectivity index (χ3n) is 2.13. The smallest absolute Gasteiger partial charge is 0.337 e. The highest BCUT2D eigenvalue weighted by atomic mass is 16.4. The third kappa shape index (κ3) is 5.48. The van der Waals surface area contributed by atoms with E-state index in [1.165, 1.54) is 18.5 Å². The lowest BCUT2D eigenvalue weighted by Crippen LogP contribution is -2.30. The molecule has 0 spiro atoms. The Kier molecular flexibility index (Phi) is 5.27. The first-order chi connectivity index (χ1) is 8.99. The summed E-state index contributed by atoms with van der Waals surface area (Å²) in [7, 11) is 0. The third-order valence-corrected chi connectivity index (χ3v) is 2.13. The molecule has 0 bridgehead atoms. The van der Waals surface area contributed by atoms with Gasteiger partial charge in [0, 0.05) is 19.2 Å². The summed E-state index contributed by atoms with van der Waals surface area (Å²) >= 11 is 0. The molecule has 19 heavy (non-hydrogen) atoms. The number of pyridine rings is 1. The van der Waals surface area contributed by atoms with Gasteiger partial charge in [-0.25, -0.2) is 9.59 Å². The molecule has 1 aromatic rings. The van der Waals surface area contributed by atoms with E-state index in [9.17, 15) is 14.4 Å². The van der Waals surface area contributed by atoms with Crippen molar-refractivity contribution in [2.45, 2.75) is 12.8 Å². The van der Waals surface area contributed by atoms with Crippen LogP contribution in [-0.2, 0) is 4.79 Å². The highest BCUT2D eigenvalue weighted by molar-refractivity contribution is 5.92. The molecule has 5 N–H and O–H groups in total. The van der Waals surface area contributed by atoms with Gasteiger partial charge in [-0.3, -0.25) is 9.78 Å². The first kappa shape index (κ1) is 14.4. The number of amides is 3. The number of urea groups is 1. The topological polar surface area (TPSA) is 134 Å². The number of aromatic carboxylic acids is 1. The number of carbonyl (C=O) groups excluding carboxylic acids is 2. The highest BCUT2D eigenvalue weighted by Crippen LogP contribution is 2.07. The number of anilines is 1. The van der Waals surface area contributed by atoms with Crippen LogP contribution < -0.4 is 16.4 Å². The van der Waals surface area contributed by atoms with Gasteiger partial charge in [-0.1, -0.05) is 0 Å². The molecule has 0 radical (unpaired) electrons. The molecule has 8 nitrogen and oxygen atoms in total. The average Bonchev–Trinajstić information content (AvgIpc) is 2.34. The summed E-state index contributed by atoms with van der Waals surface area (Å²) in [6.07, 6.45) is 3.14. The summed E-state index contributed by atoms with van der Waals surface area (Å²) in [5.41, 5.74) is 5.20. The van der Waals surface area contributed by atoms with Crippen LogP contribution in [0.3, 0.4) is 0 Å². The van der Waals surface area contributed by atoms with Gasteiger partial charge >= 0.3 is 12.0 Å². The second-order valence-corrected chi connectivity index (χ2v) is 3.72. The zero-order valence-corrected chi connectivity index (χ0v) is 10.0. The number of nitrogens with two attached hydrogens (primary N) is 1. The second kappa shape index (κ2) is 6.94. The molecule has 8 heteroatoms. The van der Waals surface area contributed by atoms with Crippen molar-refractivity contribution in [3.8, 4) is 0 Å². The second-order valence-electron chi connectivity index (χ2n) is 3.72. The zero-order chi connectivity index (χ0) is 14.3. The molecule has 1 rings (SSSR count). The number of carboxylic acid groups (broad SMARTS) is 1. The normalized spacial score (nSPS) is 9.68. The zero-order valence-electron chi connectivity index (χ0n) is 10.0. The van der Waals surface area contributed by atoms with E-state index >= 15 is 0 Å². The Morgan fingerprint density at radius 3 is 2.68 bits per heavy atom. The molecule has 0 aromatic carbocycles. The van der Waals surface area contributed by atoms with E-state index in [0.717, 1.165) is 0 Å². The highest BCUT2D eigenvalue weighted by Gasteiger charge is 2.06. The molecule has 0 aliphatic heterocycles.